The van der Waals surface area contributed by atoms with E-state index in [4.69, 9.17) is 4.74 Å². The Kier molecular flexibility index (Phi) is 2.10. The number of methoxy groups -OCH3 is 1. The van der Waals surface area contributed by atoms with E-state index < -0.39 is 0 Å². The van der Waals surface area contributed by atoms with Crippen molar-refractivity contribution in [1.29, 1.82) is 0 Å². The van der Waals surface area contributed by atoms with Crippen LogP contribution in [0.4, 0.5) is 5.82 Å². The molecule has 1 aromatic rings. The molecule has 1 aromatic heterocycles. The molecule has 0 aliphatic heterocycles. The predicted molar refractivity (Wildman–Crippen MR) is 41.0 cm³/mol. The number of anilines is 1. The van der Waals surface area contributed by atoms with E-state index in [1.54, 1.807) is 7.05 Å². The molecule has 0 aromatic carbocycles. The predicted octanol–water partition coefficient (Wildman–Crippen LogP) is -0.180. The van der Waals surface area contributed by atoms with Crippen LogP contribution in [0.15, 0.2) is 11.0 Å². The fraction of sp³-hybridized carbons (Fsp3) is 0.333. The van der Waals surface area contributed by atoms with Gasteiger partial charge in [-0.1, -0.05) is 0 Å². The number of ether oxygens (including phenoxy) is 1. The van der Waals surface area contributed by atoms with Crippen LogP contribution in [0.3, 0.4) is 0 Å². The van der Waals surface area contributed by atoms with E-state index in [0.717, 1.165) is 0 Å². The first-order chi connectivity index (χ1) is 5.27. The molecule has 0 amide bonds. The smallest absolute Gasteiger partial charge is 0.269 e. The zero-order chi connectivity index (χ0) is 8.27. The van der Waals surface area contributed by atoms with E-state index >= 15 is 0 Å². The summed E-state index contributed by atoms with van der Waals surface area (Å²) in [5, 5.41) is 2.77. The first-order valence-corrected chi connectivity index (χ1v) is 3.09. The van der Waals surface area contributed by atoms with Crippen LogP contribution in [0.5, 0.6) is 5.88 Å². The van der Waals surface area contributed by atoms with E-state index in [0.29, 0.717) is 11.7 Å². The molecular formula is C6H9N3O2. The van der Waals surface area contributed by atoms with Crippen LogP contribution in [0.1, 0.15) is 0 Å². The second-order valence-corrected chi connectivity index (χ2v) is 1.88. The van der Waals surface area contributed by atoms with Gasteiger partial charge >= 0.3 is 0 Å². The molecule has 5 nitrogen and oxygen atoms in total. The summed E-state index contributed by atoms with van der Waals surface area (Å²) in [4.78, 5) is 17.0. The minimum absolute atomic E-state index is 0.277. The lowest BCUT2D eigenvalue weighted by Gasteiger charge is -2.03. The Bertz CT molecular complexity index is 294. The van der Waals surface area contributed by atoms with Gasteiger partial charge in [-0.2, -0.15) is 0 Å². The normalized spacial score (nSPS) is 9.27. The number of nitrogens with zero attached hydrogens (tertiary/aromatic N) is 1. The number of hydrogen-bond acceptors (Lipinski definition) is 4. The van der Waals surface area contributed by atoms with Crippen LogP contribution in [-0.2, 0) is 0 Å². The monoisotopic (exact) mass is 155 g/mol. The van der Waals surface area contributed by atoms with Gasteiger partial charge in [-0.05, 0) is 0 Å². The molecule has 0 aliphatic carbocycles. The van der Waals surface area contributed by atoms with Gasteiger partial charge in [0.05, 0.1) is 13.3 Å². The van der Waals surface area contributed by atoms with Gasteiger partial charge in [0.15, 0.2) is 5.82 Å². The first-order valence-electron chi connectivity index (χ1n) is 3.09. The molecule has 0 bridgehead atoms. The summed E-state index contributed by atoms with van der Waals surface area (Å²) in [6.45, 7) is 0. The molecule has 5 heteroatoms. The number of H-pyrrole nitrogens is 1. The van der Waals surface area contributed by atoms with Crippen LogP contribution in [-0.4, -0.2) is 24.1 Å². The highest BCUT2D eigenvalue weighted by molar-refractivity contribution is 5.43. The second-order valence-electron chi connectivity index (χ2n) is 1.88. The molecule has 0 unspecified atom stereocenters. The molecule has 0 spiro atoms. The van der Waals surface area contributed by atoms with Gasteiger partial charge in [-0.15, -0.1) is 0 Å². The van der Waals surface area contributed by atoms with Crippen molar-refractivity contribution in [3.63, 3.8) is 0 Å². The van der Waals surface area contributed by atoms with Crippen molar-refractivity contribution in [2.75, 3.05) is 19.5 Å². The van der Waals surface area contributed by atoms with E-state index in [9.17, 15) is 4.79 Å². The van der Waals surface area contributed by atoms with Gasteiger partial charge in [-0.3, -0.25) is 9.78 Å². The van der Waals surface area contributed by atoms with Gasteiger partial charge in [0.25, 0.3) is 5.56 Å². The Morgan fingerprint density at radius 1 is 1.73 bits per heavy atom. The largest absolute Gasteiger partial charge is 0.480 e. The Hall–Kier alpha value is -1.52. The lowest BCUT2D eigenvalue weighted by molar-refractivity contribution is 0.396. The molecule has 0 saturated carbocycles. The van der Waals surface area contributed by atoms with Gasteiger partial charge in [0.1, 0.15) is 0 Å². The maximum Gasteiger partial charge on any atom is 0.269 e. The van der Waals surface area contributed by atoms with Crippen molar-refractivity contribution in [2.24, 2.45) is 0 Å². The summed E-state index contributed by atoms with van der Waals surface area (Å²) in [7, 11) is 3.16. The highest BCUT2D eigenvalue weighted by Crippen LogP contribution is 2.12. The number of hydrogen-bond donors (Lipinski definition) is 2. The van der Waals surface area contributed by atoms with Gasteiger partial charge in [-0.25, -0.2) is 4.98 Å². The van der Waals surface area contributed by atoms with Crippen LogP contribution >= 0.6 is 0 Å². The molecule has 1 rings (SSSR count). The minimum atomic E-state index is -0.277. The lowest BCUT2D eigenvalue weighted by Crippen LogP contribution is -2.09. The summed E-state index contributed by atoms with van der Waals surface area (Å²) in [6.07, 6.45) is 1.19. The van der Waals surface area contributed by atoms with Crippen molar-refractivity contribution < 1.29 is 4.74 Å². The number of rotatable bonds is 2. The second kappa shape index (κ2) is 3.05. The van der Waals surface area contributed by atoms with Crippen molar-refractivity contribution in [1.82, 2.24) is 9.97 Å². The Morgan fingerprint density at radius 3 is 3.00 bits per heavy atom. The summed E-state index contributed by atoms with van der Waals surface area (Å²) in [5.74, 6) is 0.868. The van der Waals surface area contributed by atoms with E-state index in [1.807, 2.05) is 0 Å². The number of nitrogens with one attached hydrogen (secondary N) is 2. The summed E-state index contributed by atoms with van der Waals surface area (Å²) >= 11 is 0. The first kappa shape index (κ1) is 7.59. The fourth-order valence-electron chi connectivity index (χ4n) is 0.711. The maximum absolute atomic E-state index is 10.7. The summed E-state index contributed by atoms with van der Waals surface area (Å²) in [5.41, 5.74) is -0.277. The van der Waals surface area contributed by atoms with Gasteiger partial charge < -0.3 is 10.1 Å². The third-order valence-electron chi connectivity index (χ3n) is 1.20. The maximum atomic E-state index is 10.7. The Balaban J connectivity index is 3.16. The molecule has 11 heavy (non-hydrogen) atoms. The molecule has 0 aliphatic rings. The number of aromatic amines is 1. The van der Waals surface area contributed by atoms with Crippen molar-refractivity contribution >= 4 is 5.82 Å². The number of aromatic nitrogens is 2. The van der Waals surface area contributed by atoms with Gasteiger partial charge in [0.2, 0.25) is 5.88 Å². The summed E-state index contributed by atoms with van der Waals surface area (Å²) in [6, 6.07) is 0. The SMILES string of the molecule is CNc1ncc(=O)[nH]c1OC. The molecule has 2 N–H and O–H groups in total. The quantitative estimate of drug-likeness (QED) is 0.621. The Morgan fingerprint density at radius 2 is 2.45 bits per heavy atom. The van der Waals surface area contributed by atoms with Gasteiger partial charge in [0, 0.05) is 7.05 Å². The average Bonchev–Trinajstić information content (AvgIpc) is 2.04. The van der Waals surface area contributed by atoms with Crippen molar-refractivity contribution in [2.45, 2.75) is 0 Å². The fourth-order valence-corrected chi connectivity index (χ4v) is 0.711. The highest BCUT2D eigenvalue weighted by atomic mass is 16.5. The highest BCUT2D eigenvalue weighted by Gasteiger charge is 2.00. The van der Waals surface area contributed by atoms with E-state index in [1.165, 1.54) is 13.3 Å². The average molecular weight is 155 g/mol. The molecule has 60 valence electrons. The zero-order valence-corrected chi connectivity index (χ0v) is 6.34. The topological polar surface area (TPSA) is 67.0 Å². The van der Waals surface area contributed by atoms with Crippen LogP contribution < -0.4 is 15.6 Å². The molecule has 1 heterocycles. The standard InChI is InChI=1S/C6H9N3O2/c1-7-5-6(11-2)9-4(10)3-8-5/h3H,1-2H3,(H,7,8)(H,9,10). The zero-order valence-electron chi connectivity index (χ0n) is 6.34. The lowest BCUT2D eigenvalue weighted by atomic mass is 10.6. The van der Waals surface area contributed by atoms with Crippen molar-refractivity contribution in [3.8, 4) is 5.88 Å². The van der Waals surface area contributed by atoms with Crippen LogP contribution in [0.2, 0.25) is 0 Å². The third-order valence-corrected chi connectivity index (χ3v) is 1.20. The summed E-state index contributed by atoms with van der Waals surface area (Å²) < 4.78 is 4.84. The molecule has 0 radical (unpaired) electrons. The van der Waals surface area contributed by atoms with Crippen LogP contribution in [0.25, 0.3) is 0 Å². The van der Waals surface area contributed by atoms with Crippen LogP contribution in [0, 0.1) is 0 Å². The van der Waals surface area contributed by atoms with E-state index in [2.05, 4.69) is 15.3 Å². The van der Waals surface area contributed by atoms with E-state index in [-0.39, 0.29) is 5.56 Å². The Labute approximate surface area is 63.4 Å². The molecular weight excluding hydrogens is 146 g/mol. The molecule has 0 saturated heterocycles. The molecule has 0 fully saturated rings. The van der Waals surface area contributed by atoms with Crippen molar-refractivity contribution in [3.05, 3.63) is 16.6 Å². The molecule has 0 atom stereocenters. The minimum Gasteiger partial charge on any atom is -0.480 e. The third kappa shape index (κ3) is 1.49.